The van der Waals surface area contributed by atoms with Gasteiger partial charge >= 0.3 is 5.69 Å². The highest BCUT2D eigenvalue weighted by molar-refractivity contribution is 7.89. The molecule has 1 atom stereocenters. The van der Waals surface area contributed by atoms with Crippen molar-refractivity contribution >= 4 is 33.6 Å². The van der Waals surface area contributed by atoms with Gasteiger partial charge in [-0.3, -0.25) is 10.1 Å². The molecule has 12 heteroatoms. The van der Waals surface area contributed by atoms with Gasteiger partial charge in [0, 0.05) is 24.2 Å². The number of rotatable bonds is 15. The lowest BCUT2D eigenvalue weighted by atomic mass is 9.78. The fourth-order valence-electron chi connectivity index (χ4n) is 5.11. The zero-order chi connectivity index (χ0) is 33.5. The molecule has 0 aromatic heterocycles. The molecule has 0 saturated carbocycles. The first-order chi connectivity index (χ1) is 22.0. The van der Waals surface area contributed by atoms with Crippen LogP contribution in [0.2, 0.25) is 5.02 Å². The summed E-state index contributed by atoms with van der Waals surface area (Å²) in [5.41, 5.74) is 1.18. The summed E-state index contributed by atoms with van der Waals surface area (Å²) in [7, 11) is -1.19. The lowest BCUT2D eigenvalue weighted by Crippen LogP contribution is -2.35. The lowest BCUT2D eigenvalue weighted by Gasteiger charge is -2.29. The van der Waals surface area contributed by atoms with Crippen molar-refractivity contribution in [2.75, 3.05) is 20.8 Å². The first-order valence-corrected chi connectivity index (χ1v) is 16.2. The molecule has 0 fully saturated rings. The largest absolute Gasteiger partial charge is 0.497 e. The van der Waals surface area contributed by atoms with E-state index >= 15 is 0 Å². The van der Waals surface area contributed by atoms with Crippen molar-refractivity contribution in [2.24, 2.45) is 0 Å². The quantitative estimate of drug-likeness (QED) is 0.0763. The number of aldehydes is 1. The van der Waals surface area contributed by atoms with Gasteiger partial charge in [0.1, 0.15) is 24.4 Å². The van der Waals surface area contributed by atoms with Crippen LogP contribution in [0.5, 0.6) is 17.2 Å². The fraction of sp³-hybridized carbons (Fsp3) is 0.265. The van der Waals surface area contributed by atoms with Crippen molar-refractivity contribution in [3.8, 4) is 17.2 Å². The van der Waals surface area contributed by atoms with Crippen molar-refractivity contribution in [1.82, 2.24) is 4.31 Å². The molecule has 0 saturated heterocycles. The SMILES string of the molecule is CCC(C=O)(COc1ccc(S(=O)(=O)N(Cc2ccc(OC)cc2)Cc2ccc(OC)cc2)cc1[N+](=O)[O-])c1ccc(Cl)cc1C. The van der Waals surface area contributed by atoms with Crippen LogP contribution < -0.4 is 14.2 Å². The van der Waals surface area contributed by atoms with Crippen LogP contribution >= 0.6 is 11.6 Å². The van der Waals surface area contributed by atoms with E-state index in [2.05, 4.69) is 0 Å². The molecule has 0 N–H and O–H groups in total. The predicted molar refractivity (Wildman–Crippen MR) is 175 cm³/mol. The van der Waals surface area contributed by atoms with E-state index in [9.17, 15) is 23.3 Å². The van der Waals surface area contributed by atoms with E-state index in [4.69, 9.17) is 25.8 Å². The number of ether oxygens (including phenoxy) is 3. The second kappa shape index (κ2) is 14.8. The molecule has 46 heavy (non-hydrogen) atoms. The van der Waals surface area contributed by atoms with Gasteiger partial charge in [-0.15, -0.1) is 0 Å². The molecule has 0 spiro atoms. The van der Waals surface area contributed by atoms with E-state index in [0.717, 1.165) is 17.9 Å². The smallest absolute Gasteiger partial charge is 0.312 e. The highest BCUT2D eigenvalue weighted by atomic mass is 35.5. The predicted octanol–water partition coefficient (Wildman–Crippen LogP) is 6.89. The van der Waals surface area contributed by atoms with Crippen molar-refractivity contribution in [3.05, 3.63) is 122 Å². The number of nitrogens with zero attached hydrogens (tertiary/aromatic N) is 2. The molecule has 4 aromatic rings. The zero-order valence-corrected chi connectivity index (χ0v) is 27.5. The van der Waals surface area contributed by atoms with Crippen molar-refractivity contribution in [1.29, 1.82) is 0 Å². The monoisotopic (exact) mass is 666 g/mol. The van der Waals surface area contributed by atoms with E-state index in [1.54, 1.807) is 66.7 Å². The average Bonchev–Trinajstić information content (AvgIpc) is 3.06. The van der Waals surface area contributed by atoms with Crippen LogP contribution in [0.25, 0.3) is 0 Å². The topological polar surface area (TPSA) is 125 Å². The minimum absolute atomic E-state index is 0.0107. The first-order valence-electron chi connectivity index (χ1n) is 14.4. The maximum atomic E-state index is 14.1. The molecule has 4 aromatic carbocycles. The number of hydrogen-bond donors (Lipinski definition) is 0. The molecule has 0 radical (unpaired) electrons. The third-order valence-corrected chi connectivity index (χ3v) is 9.89. The summed E-state index contributed by atoms with van der Waals surface area (Å²) in [4.78, 5) is 23.7. The molecule has 1 unspecified atom stereocenters. The number of carbonyl (C=O) groups is 1. The van der Waals surface area contributed by atoms with Gasteiger partial charge < -0.3 is 19.0 Å². The van der Waals surface area contributed by atoms with Crippen LogP contribution in [0.1, 0.15) is 35.6 Å². The van der Waals surface area contributed by atoms with Gasteiger partial charge in [0.05, 0.1) is 29.5 Å². The molecule has 10 nitrogen and oxygen atoms in total. The summed E-state index contributed by atoms with van der Waals surface area (Å²) in [5.74, 6) is 1.08. The summed E-state index contributed by atoms with van der Waals surface area (Å²) in [6, 6.07) is 22.6. The van der Waals surface area contributed by atoms with Crippen molar-refractivity contribution in [2.45, 2.75) is 43.7 Å². The summed E-state index contributed by atoms with van der Waals surface area (Å²) < 4.78 is 45.8. The third kappa shape index (κ3) is 7.67. The molecule has 4 rings (SSSR count). The van der Waals surface area contributed by atoms with Gasteiger partial charge in [-0.2, -0.15) is 4.31 Å². The molecule has 0 bridgehead atoms. The standard InChI is InChI=1S/C34H35ClN2O8S/c1-5-34(22-38,31-16-10-27(35)18-24(31)2)23-45-33-17-15-30(19-32(33)37(39)40)46(41,42)36(20-25-6-11-28(43-3)12-7-25)21-26-8-13-29(44-4)14-9-26/h6-19,22H,5,20-21,23H2,1-4H3. The number of nitro groups is 1. The van der Waals surface area contributed by atoms with Crippen molar-refractivity contribution < 1.29 is 32.3 Å². The molecule has 0 aliphatic carbocycles. The number of carbonyl (C=O) groups excluding carboxylic acids is 1. The van der Waals surface area contributed by atoms with Gasteiger partial charge in [-0.25, -0.2) is 8.42 Å². The van der Waals surface area contributed by atoms with Gasteiger partial charge in [-0.05, 0) is 84.1 Å². The Morgan fingerprint density at radius 2 is 1.46 bits per heavy atom. The Morgan fingerprint density at radius 1 is 0.891 bits per heavy atom. The molecule has 0 aliphatic heterocycles. The van der Waals surface area contributed by atoms with Gasteiger partial charge in [0.2, 0.25) is 10.0 Å². The van der Waals surface area contributed by atoms with E-state index in [-0.39, 0.29) is 30.3 Å². The molecule has 0 amide bonds. The fourth-order valence-corrected chi connectivity index (χ4v) is 6.77. The van der Waals surface area contributed by atoms with Gasteiger partial charge in [0.25, 0.3) is 0 Å². The number of halogens is 1. The number of hydrogen-bond acceptors (Lipinski definition) is 8. The summed E-state index contributed by atoms with van der Waals surface area (Å²) in [6.07, 6.45) is 1.12. The normalized spacial score (nSPS) is 12.7. The van der Waals surface area contributed by atoms with Crippen molar-refractivity contribution in [3.63, 3.8) is 0 Å². The maximum Gasteiger partial charge on any atom is 0.312 e. The van der Waals surface area contributed by atoms with Crippen LogP contribution in [-0.2, 0) is 33.3 Å². The number of nitro benzene ring substituents is 1. The van der Waals surface area contributed by atoms with Crippen LogP contribution in [0.15, 0.2) is 89.8 Å². The second-order valence-electron chi connectivity index (χ2n) is 10.7. The van der Waals surface area contributed by atoms with Crippen LogP contribution in [0.3, 0.4) is 0 Å². The van der Waals surface area contributed by atoms with E-state index < -0.39 is 26.0 Å². The van der Waals surface area contributed by atoms with E-state index in [1.165, 1.54) is 30.7 Å². The minimum Gasteiger partial charge on any atom is -0.497 e. The summed E-state index contributed by atoms with van der Waals surface area (Å²) in [5, 5.41) is 12.7. The minimum atomic E-state index is -4.26. The van der Waals surface area contributed by atoms with E-state index in [1.807, 2.05) is 13.8 Å². The molecule has 0 heterocycles. The van der Waals surface area contributed by atoms with Crippen LogP contribution in [-0.4, -0.2) is 44.8 Å². The van der Waals surface area contributed by atoms with Gasteiger partial charge in [0.15, 0.2) is 5.75 Å². The molecule has 0 aliphatic rings. The second-order valence-corrected chi connectivity index (χ2v) is 13.1. The number of benzene rings is 4. The Kier molecular flexibility index (Phi) is 11.0. The zero-order valence-electron chi connectivity index (χ0n) is 25.9. The average molecular weight is 667 g/mol. The first kappa shape index (κ1) is 34.4. The Morgan fingerprint density at radius 3 is 1.91 bits per heavy atom. The Bertz CT molecular complexity index is 1750. The summed E-state index contributed by atoms with van der Waals surface area (Å²) in [6.45, 7) is 3.41. The molecular formula is C34H35ClN2O8S. The van der Waals surface area contributed by atoms with Crippen LogP contribution in [0, 0.1) is 17.0 Å². The highest BCUT2D eigenvalue weighted by Crippen LogP contribution is 2.36. The maximum absolute atomic E-state index is 14.1. The number of aryl methyl sites for hydroxylation is 1. The molecular weight excluding hydrogens is 632 g/mol. The Hall–Kier alpha value is -4.45. The Labute approximate surface area is 273 Å². The Balaban J connectivity index is 1.69. The number of methoxy groups -OCH3 is 2. The third-order valence-electron chi connectivity index (χ3n) is 7.87. The summed E-state index contributed by atoms with van der Waals surface area (Å²) >= 11 is 6.11. The van der Waals surface area contributed by atoms with E-state index in [0.29, 0.717) is 39.6 Å². The number of sulfonamides is 1. The molecule has 242 valence electrons. The highest BCUT2D eigenvalue weighted by Gasteiger charge is 2.34. The van der Waals surface area contributed by atoms with Gasteiger partial charge in [-0.1, -0.05) is 48.9 Å². The lowest BCUT2D eigenvalue weighted by molar-refractivity contribution is -0.386. The van der Waals surface area contributed by atoms with Crippen LogP contribution in [0.4, 0.5) is 5.69 Å².